The molecule has 4 heterocycles. The maximum absolute atomic E-state index is 10.8. The van der Waals surface area contributed by atoms with Crippen LogP contribution in [0.1, 0.15) is 54.4 Å². The van der Waals surface area contributed by atoms with Crippen LogP contribution in [0.3, 0.4) is 0 Å². The van der Waals surface area contributed by atoms with Crippen LogP contribution in [0.15, 0.2) is 33.2 Å². The van der Waals surface area contributed by atoms with Crippen LogP contribution in [0.2, 0.25) is 0 Å². The van der Waals surface area contributed by atoms with Gasteiger partial charge in [0.25, 0.3) is 0 Å². The third-order valence-corrected chi connectivity index (χ3v) is 6.36. The number of aryl methyl sites for hydroxylation is 2. The van der Waals surface area contributed by atoms with Crippen LogP contribution in [0.5, 0.6) is 0 Å². The first kappa shape index (κ1) is 18.8. The van der Waals surface area contributed by atoms with E-state index < -0.39 is 6.23 Å². The predicted octanol–water partition coefficient (Wildman–Crippen LogP) is 3.24. The van der Waals surface area contributed by atoms with Crippen molar-refractivity contribution in [1.82, 2.24) is 19.9 Å². The lowest BCUT2D eigenvalue weighted by Gasteiger charge is -2.33. The second-order valence-electron chi connectivity index (χ2n) is 8.24. The van der Waals surface area contributed by atoms with Gasteiger partial charge in [-0.3, -0.25) is 4.90 Å². The number of piperidine rings is 1. The van der Waals surface area contributed by atoms with Crippen molar-refractivity contribution < 1.29 is 14.0 Å². The molecule has 3 aromatic rings. The predicted molar refractivity (Wildman–Crippen MR) is 109 cm³/mol. The van der Waals surface area contributed by atoms with Crippen molar-refractivity contribution >= 4 is 11.0 Å². The highest BCUT2D eigenvalue weighted by Gasteiger charge is 2.29. The number of hydrogen-bond donors (Lipinski definition) is 1. The minimum absolute atomic E-state index is 0.457. The lowest BCUT2D eigenvalue weighted by molar-refractivity contribution is -0.0175. The molecule has 2 aromatic heterocycles. The number of para-hydroxylation sites is 1. The Morgan fingerprint density at radius 2 is 1.97 bits per heavy atom. The van der Waals surface area contributed by atoms with Crippen molar-refractivity contribution in [2.45, 2.75) is 44.8 Å². The average molecular weight is 396 g/mol. The number of fused-ring (bicyclic) bond motifs is 2. The third kappa shape index (κ3) is 3.70. The first-order valence-electron chi connectivity index (χ1n) is 10.6. The SMILES string of the molecule is Cc1nc2c(o1)C(O)N(CCN1CCC(c3noc4ccccc34)CC1)CCC2. The maximum Gasteiger partial charge on any atom is 0.191 e. The number of likely N-dealkylation sites (tertiary alicyclic amines) is 1. The highest BCUT2D eigenvalue weighted by Crippen LogP contribution is 2.32. The zero-order valence-corrected chi connectivity index (χ0v) is 16.9. The number of aliphatic hydroxyl groups is 1. The first-order chi connectivity index (χ1) is 14.2. The molecule has 1 N–H and O–H groups in total. The van der Waals surface area contributed by atoms with E-state index in [-0.39, 0.29) is 0 Å². The van der Waals surface area contributed by atoms with Gasteiger partial charge >= 0.3 is 0 Å². The number of hydrogen-bond acceptors (Lipinski definition) is 7. The summed E-state index contributed by atoms with van der Waals surface area (Å²) in [6, 6.07) is 8.12. The minimum atomic E-state index is -0.687. The second-order valence-corrected chi connectivity index (χ2v) is 8.24. The highest BCUT2D eigenvalue weighted by atomic mass is 16.5. The summed E-state index contributed by atoms with van der Waals surface area (Å²) in [5.41, 5.74) is 2.90. The van der Waals surface area contributed by atoms with Crippen LogP contribution in [0.4, 0.5) is 0 Å². The number of aliphatic hydroxyl groups excluding tert-OH is 1. The number of aromatic nitrogens is 2. The van der Waals surface area contributed by atoms with E-state index in [2.05, 4.69) is 26.0 Å². The van der Waals surface area contributed by atoms with Gasteiger partial charge in [-0.05, 0) is 50.9 Å². The summed E-state index contributed by atoms with van der Waals surface area (Å²) in [6.45, 7) is 6.58. The first-order valence-corrected chi connectivity index (χ1v) is 10.6. The molecule has 0 aliphatic carbocycles. The largest absolute Gasteiger partial charge is 0.441 e. The van der Waals surface area contributed by atoms with Gasteiger partial charge in [0.1, 0.15) is 0 Å². The lowest BCUT2D eigenvalue weighted by Crippen LogP contribution is -2.40. The fraction of sp³-hybridized carbons (Fsp3) is 0.545. The van der Waals surface area contributed by atoms with Gasteiger partial charge < -0.3 is 18.9 Å². The summed E-state index contributed by atoms with van der Waals surface area (Å²) in [7, 11) is 0. The Balaban J connectivity index is 1.17. The summed E-state index contributed by atoms with van der Waals surface area (Å²) in [6.07, 6.45) is 3.36. The summed E-state index contributed by atoms with van der Waals surface area (Å²) in [5.74, 6) is 1.73. The Labute approximate surface area is 170 Å². The third-order valence-electron chi connectivity index (χ3n) is 6.36. The molecule has 7 nitrogen and oxygen atoms in total. The van der Waals surface area contributed by atoms with E-state index in [1.807, 2.05) is 25.1 Å². The van der Waals surface area contributed by atoms with E-state index in [4.69, 9.17) is 8.94 Å². The molecule has 0 saturated carbocycles. The van der Waals surface area contributed by atoms with E-state index in [1.165, 1.54) is 0 Å². The maximum atomic E-state index is 10.8. The molecule has 1 aromatic carbocycles. The normalized spacial score (nSPS) is 22.1. The Kier molecular flexibility index (Phi) is 5.11. The molecule has 5 rings (SSSR count). The summed E-state index contributed by atoms with van der Waals surface area (Å²) in [5, 5.41) is 16.3. The minimum Gasteiger partial charge on any atom is -0.441 e. The zero-order valence-electron chi connectivity index (χ0n) is 16.9. The van der Waals surface area contributed by atoms with Crippen molar-refractivity contribution in [2.24, 2.45) is 0 Å². The van der Waals surface area contributed by atoms with Gasteiger partial charge in [0.05, 0.1) is 11.4 Å². The molecule has 1 saturated heterocycles. The van der Waals surface area contributed by atoms with Crippen LogP contribution < -0.4 is 0 Å². The van der Waals surface area contributed by atoms with E-state index >= 15 is 0 Å². The van der Waals surface area contributed by atoms with Crippen molar-refractivity contribution in [1.29, 1.82) is 0 Å². The van der Waals surface area contributed by atoms with E-state index in [0.717, 1.165) is 80.8 Å². The van der Waals surface area contributed by atoms with Gasteiger partial charge in [-0.15, -0.1) is 0 Å². The number of rotatable bonds is 4. The summed E-state index contributed by atoms with van der Waals surface area (Å²) >= 11 is 0. The summed E-state index contributed by atoms with van der Waals surface area (Å²) < 4.78 is 11.2. The standard InChI is InChI=1S/C22H28N4O3/c1-15-23-18-6-4-10-26(22(27)21(18)28-15)14-13-25-11-8-16(9-12-25)20-17-5-2-3-7-19(17)29-24-20/h2-3,5,7,16,22,27H,4,6,8-14H2,1H3. The molecule has 154 valence electrons. The molecule has 29 heavy (non-hydrogen) atoms. The average Bonchev–Trinajstić information content (AvgIpc) is 3.30. The van der Waals surface area contributed by atoms with Crippen molar-refractivity contribution in [2.75, 3.05) is 32.7 Å². The molecular weight excluding hydrogens is 368 g/mol. The smallest absolute Gasteiger partial charge is 0.191 e. The Morgan fingerprint density at radius 1 is 1.14 bits per heavy atom. The van der Waals surface area contributed by atoms with Crippen LogP contribution in [-0.4, -0.2) is 57.8 Å². The fourth-order valence-electron chi connectivity index (χ4n) is 4.74. The van der Waals surface area contributed by atoms with E-state index in [0.29, 0.717) is 17.6 Å². The zero-order chi connectivity index (χ0) is 19.8. The van der Waals surface area contributed by atoms with Gasteiger partial charge in [-0.1, -0.05) is 17.3 Å². The van der Waals surface area contributed by atoms with E-state index in [1.54, 1.807) is 0 Å². The van der Waals surface area contributed by atoms with E-state index in [9.17, 15) is 5.11 Å². The van der Waals surface area contributed by atoms with Crippen molar-refractivity contribution in [3.05, 3.63) is 47.3 Å². The Morgan fingerprint density at radius 3 is 2.83 bits per heavy atom. The monoisotopic (exact) mass is 396 g/mol. The molecule has 1 unspecified atom stereocenters. The Hall–Kier alpha value is -2.22. The number of nitrogens with zero attached hydrogens (tertiary/aromatic N) is 4. The molecule has 2 aliphatic heterocycles. The molecule has 2 aliphatic rings. The van der Waals surface area contributed by atoms with Crippen molar-refractivity contribution in [3.8, 4) is 0 Å². The Bertz CT molecular complexity index is 974. The highest BCUT2D eigenvalue weighted by molar-refractivity contribution is 5.79. The summed E-state index contributed by atoms with van der Waals surface area (Å²) in [4.78, 5) is 9.03. The number of oxazole rings is 1. The van der Waals surface area contributed by atoms with Gasteiger partial charge in [0, 0.05) is 37.9 Å². The molecule has 0 spiro atoms. The van der Waals surface area contributed by atoms with Crippen LogP contribution in [0, 0.1) is 6.92 Å². The molecule has 7 heteroatoms. The van der Waals surface area contributed by atoms with Crippen LogP contribution in [0.25, 0.3) is 11.0 Å². The molecule has 0 amide bonds. The van der Waals surface area contributed by atoms with Crippen LogP contribution >= 0.6 is 0 Å². The number of benzene rings is 1. The molecular formula is C22H28N4O3. The quantitative estimate of drug-likeness (QED) is 0.725. The fourth-order valence-corrected chi connectivity index (χ4v) is 4.74. The lowest BCUT2D eigenvalue weighted by atomic mass is 9.91. The van der Waals surface area contributed by atoms with Gasteiger partial charge in [-0.25, -0.2) is 4.98 Å². The second kappa shape index (κ2) is 7.89. The molecule has 0 bridgehead atoms. The topological polar surface area (TPSA) is 78.8 Å². The molecule has 1 fully saturated rings. The van der Waals surface area contributed by atoms with Gasteiger partial charge in [0.2, 0.25) is 0 Å². The van der Waals surface area contributed by atoms with Gasteiger partial charge in [-0.2, -0.15) is 0 Å². The molecule has 1 atom stereocenters. The van der Waals surface area contributed by atoms with Crippen LogP contribution in [-0.2, 0) is 6.42 Å². The molecule has 0 radical (unpaired) electrons. The van der Waals surface area contributed by atoms with Gasteiger partial charge in [0.15, 0.2) is 23.5 Å². The van der Waals surface area contributed by atoms with Crippen molar-refractivity contribution in [3.63, 3.8) is 0 Å².